The molecule has 3 aromatic carbocycles. The van der Waals surface area contributed by atoms with Crippen LogP contribution in [0.4, 0.5) is 0 Å². The van der Waals surface area contributed by atoms with Gasteiger partial charge >= 0.3 is 0 Å². The van der Waals surface area contributed by atoms with Crippen molar-refractivity contribution in [3.8, 4) is 33.4 Å². The normalized spacial score (nSPS) is 13.0. The molecule has 0 saturated heterocycles. The van der Waals surface area contributed by atoms with Gasteiger partial charge < -0.3 is 0 Å². The summed E-state index contributed by atoms with van der Waals surface area (Å²) in [5.41, 5.74) is 12.9. The molecule has 0 atom stereocenters. The number of hydrogen-bond acceptors (Lipinski definition) is 0. The van der Waals surface area contributed by atoms with E-state index in [0.717, 1.165) is 0 Å². The Morgan fingerprint density at radius 2 is 1.19 bits per heavy atom. The quantitative estimate of drug-likeness (QED) is 0.326. The Labute approximate surface area is 164 Å². The van der Waals surface area contributed by atoms with E-state index < -0.39 is 0 Å². The molecule has 0 aliphatic heterocycles. The van der Waals surface area contributed by atoms with Gasteiger partial charge in [-0.05, 0) is 67.8 Å². The molecule has 4 rings (SSSR count). The summed E-state index contributed by atoms with van der Waals surface area (Å²) in [5, 5.41) is 0. The third-order valence-electron chi connectivity index (χ3n) is 5.86. The van der Waals surface area contributed by atoms with Gasteiger partial charge in [0.05, 0.1) is 0 Å². The van der Waals surface area contributed by atoms with Crippen LogP contribution in [0.3, 0.4) is 0 Å². The Morgan fingerprint density at radius 1 is 0.556 bits per heavy atom. The van der Waals surface area contributed by atoms with Gasteiger partial charge in [0.2, 0.25) is 0 Å². The third-order valence-corrected chi connectivity index (χ3v) is 5.86. The molecule has 0 bridgehead atoms. The van der Waals surface area contributed by atoms with Crippen LogP contribution in [0.15, 0.2) is 54.6 Å². The summed E-state index contributed by atoms with van der Waals surface area (Å²) in [6, 6.07) is 20.5. The monoisotopic (exact) mass is 354 g/mol. The van der Waals surface area contributed by atoms with E-state index in [2.05, 4.69) is 103 Å². The molecule has 0 spiro atoms. The van der Waals surface area contributed by atoms with E-state index in [1.165, 1.54) is 50.1 Å². The topological polar surface area (TPSA) is 0 Å². The first kappa shape index (κ1) is 18.0. The molecule has 0 amide bonds. The standard InChI is InChI=1S/C27H30/c1-17-12-14-21-19-10-8-9-11-20(19)25(21)24(17)22-15-13-18(26(2,3)4)16-23(22)27(5,6)7/h8-16H,1-7H3. The zero-order valence-corrected chi connectivity index (χ0v) is 17.7. The maximum atomic E-state index is 2.44. The number of fused-ring (bicyclic) bond motifs is 4. The fraction of sp³-hybridized carbons (Fsp3) is 0.333. The second-order valence-corrected chi connectivity index (χ2v) is 9.99. The van der Waals surface area contributed by atoms with Crippen molar-refractivity contribution in [1.82, 2.24) is 0 Å². The SMILES string of the molecule is Cc1ccc2c(c1-c1ccc(C(C)(C)C)cc1C(C)(C)C)-c1ccccc1-2. The minimum Gasteiger partial charge on any atom is -0.0616 e. The lowest BCUT2D eigenvalue weighted by Crippen LogP contribution is -2.18. The van der Waals surface area contributed by atoms with Gasteiger partial charge in [0.1, 0.15) is 0 Å². The molecule has 138 valence electrons. The average molecular weight is 355 g/mol. The van der Waals surface area contributed by atoms with E-state index in [9.17, 15) is 0 Å². The second-order valence-electron chi connectivity index (χ2n) is 9.99. The summed E-state index contributed by atoms with van der Waals surface area (Å²) < 4.78 is 0. The number of hydrogen-bond donors (Lipinski definition) is 0. The summed E-state index contributed by atoms with van der Waals surface area (Å²) in [6.45, 7) is 16.1. The highest BCUT2D eigenvalue weighted by Crippen LogP contribution is 2.53. The molecule has 1 aliphatic carbocycles. The molecule has 0 saturated carbocycles. The summed E-state index contributed by atoms with van der Waals surface area (Å²) in [4.78, 5) is 0. The molecule has 0 heteroatoms. The first-order valence-electron chi connectivity index (χ1n) is 9.98. The first-order chi connectivity index (χ1) is 12.6. The molecule has 0 unspecified atom stereocenters. The summed E-state index contributed by atoms with van der Waals surface area (Å²) >= 11 is 0. The van der Waals surface area contributed by atoms with E-state index in [4.69, 9.17) is 0 Å². The molecule has 0 aromatic heterocycles. The van der Waals surface area contributed by atoms with E-state index in [1.54, 1.807) is 0 Å². The molecule has 0 fully saturated rings. The average Bonchev–Trinajstić information content (AvgIpc) is 2.57. The fourth-order valence-corrected chi connectivity index (χ4v) is 4.28. The molecule has 0 N–H and O–H groups in total. The Balaban J connectivity index is 2.00. The van der Waals surface area contributed by atoms with Crippen LogP contribution in [-0.2, 0) is 10.8 Å². The van der Waals surface area contributed by atoms with Gasteiger partial charge in [0.25, 0.3) is 0 Å². The van der Waals surface area contributed by atoms with Crippen molar-refractivity contribution < 1.29 is 0 Å². The Kier molecular flexibility index (Phi) is 3.89. The minimum atomic E-state index is 0.0923. The van der Waals surface area contributed by atoms with Crippen molar-refractivity contribution in [2.45, 2.75) is 59.3 Å². The highest BCUT2D eigenvalue weighted by molar-refractivity contribution is 6.09. The lowest BCUT2D eigenvalue weighted by Gasteiger charge is -2.32. The zero-order chi connectivity index (χ0) is 19.6. The number of aryl methyl sites for hydroxylation is 1. The van der Waals surface area contributed by atoms with Crippen LogP contribution in [0.25, 0.3) is 33.4 Å². The highest BCUT2D eigenvalue weighted by Gasteiger charge is 2.30. The predicted molar refractivity (Wildman–Crippen MR) is 118 cm³/mol. The fourth-order valence-electron chi connectivity index (χ4n) is 4.28. The van der Waals surface area contributed by atoms with Gasteiger partial charge in [-0.3, -0.25) is 0 Å². The largest absolute Gasteiger partial charge is 0.0616 e. The molecule has 27 heavy (non-hydrogen) atoms. The molecular formula is C27H30. The van der Waals surface area contributed by atoms with Gasteiger partial charge in [-0.15, -0.1) is 0 Å². The molecule has 0 heterocycles. The van der Waals surface area contributed by atoms with Crippen LogP contribution in [0.5, 0.6) is 0 Å². The van der Waals surface area contributed by atoms with E-state index in [1.807, 2.05) is 0 Å². The zero-order valence-electron chi connectivity index (χ0n) is 17.7. The van der Waals surface area contributed by atoms with Gasteiger partial charge in [0.15, 0.2) is 0 Å². The Hall–Kier alpha value is -2.34. The molecule has 0 radical (unpaired) electrons. The molecule has 0 nitrogen and oxygen atoms in total. The van der Waals surface area contributed by atoms with E-state index in [0.29, 0.717) is 0 Å². The van der Waals surface area contributed by atoms with Crippen LogP contribution >= 0.6 is 0 Å². The van der Waals surface area contributed by atoms with Crippen molar-refractivity contribution in [1.29, 1.82) is 0 Å². The van der Waals surface area contributed by atoms with Crippen LogP contribution in [0, 0.1) is 6.92 Å². The molecular weight excluding hydrogens is 324 g/mol. The van der Waals surface area contributed by atoms with Crippen molar-refractivity contribution in [3.05, 3.63) is 71.3 Å². The van der Waals surface area contributed by atoms with Crippen LogP contribution in [-0.4, -0.2) is 0 Å². The van der Waals surface area contributed by atoms with Gasteiger partial charge in [-0.2, -0.15) is 0 Å². The van der Waals surface area contributed by atoms with Crippen LogP contribution < -0.4 is 0 Å². The maximum Gasteiger partial charge on any atom is -0.00176 e. The smallest absolute Gasteiger partial charge is 0.00176 e. The summed E-state index contributed by atoms with van der Waals surface area (Å²) in [6.07, 6.45) is 0. The van der Waals surface area contributed by atoms with Crippen LogP contribution in [0.2, 0.25) is 0 Å². The lowest BCUT2D eigenvalue weighted by molar-refractivity contribution is 0.570. The number of rotatable bonds is 1. The summed E-state index contributed by atoms with van der Waals surface area (Å²) in [7, 11) is 0. The van der Waals surface area contributed by atoms with E-state index >= 15 is 0 Å². The lowest BCUT2D eigenvalue weighted by atomic mass is 9.71. The van der Waals surface area contributed by atoms with Gasteiger partial charge in [-0.25, -0.2) is 0 Å². The van der Waals surface area contributed by atoms with Gasteiger partial charge in [-0.1, -0.05) is 96.1 Å². The van der Waals surface area contributed by atoms with Crippen molar-refractivity contribution >= 4 is 0 Å². The third kappa shape index (κ3) is 2.83. The highest BCUT2D eigenvalue weighted by atomic mass is 14.3. The second kappa shape index (κ2) is 5.83. The first-order valence-corrected chi connectivity index (χ1v) is 9.98. The number of benzene rings is 3. The van der Waals surface area contributed by atoms with E-state index in [-0.39, 0.29) is 10.8 Å². The summed E-state index contributed by atoms with van der Waals surface area (Å²) in [5.74, 6) is 0. The maximum absolute atomic E-state index is 2.44. The minimum absolute atomic E-state index is 0.0923. The van der Waals surface area contributed by atoms with Crippen molar-refractivity contribution in [2.75, 3.05) is 0 Å². The van der Waals surface area contributed by atoms with Gasteiger partial charge in [0, 0.05) is 0 Å². The van der Waals surface area contributed by atoms with Crippen molar-refractivity contribution in [2.24, 2.45) is 0 Å². The predicted octanol–water partition coefficient (Wildman–Crippen LogP) is 7.90. The molecule has 3 aromatic rings. The van der Waals surface area contributed by atoms with Crippen LogP contribution in [0.1, 0.15) is 58.2 Å². The molecule has 1 aliphatic rings. The Bertz CT molecular complexity index is 1040. The van der Waals surface area contributed by atoms with Crippen molar-refractivity contribution in [3.63, 3.8) is 0 Å². The Morgan fingerprint density at radius 3 is 1.81 bits per heavy atom.